The molecular formula is C22H19F3O3SSi. The molecule has 0 unspecified atom stereocenters. The molecule has 0 aliphatic carbocycles. The summed E-state index contributed by atoms with van der Waals surface area (Å²) in [5.41, 5.74) is -5.50. The van der Waals surface area contributed by atoms with E-state index in [0.29, 0.717) is 10.6 Å². The van der Waals surface area contributed by atoms with Crippen LogP contribution in [-0.2, 0) is 10.1 Å². The lowest BCUT2D eigenvalue weighted by molar-refractivity contribution is -0.0499. The monoisotopic (exact) mass is 448 g/mol. The average Bonchev–Trinajstić information content (AvgIpc) is 2.66. The van der Waals surface area contributed by atoms with E-state index in [1.807, 2.05) is 68.2 Å². The Morgan fingerprint density at radius 2 is 1.13 bits per heavy atom. The van der Waals surface area contributed by atoms with Gasteiger partial charge in [0.1, 0.15) is 5.75 Å². The number of hydrogen-bond acceptors (Lipinski definition) is 3. The van der Waals surface area contributed by atoms with Crippen LogP contribution in [0.25, 0.3) is 32.3 Å². The first-order valence-electron chi connectivity index (χ1n) is 9.28. The predicted octanol–water partition coefficient (Wildman–Crippen LogP) is 5.92. The van der Waals surface area contributed by atoms with Crippen LogP contribution in [-0.4, -0.2) is 22.0 Å². The topological polar surface area (TPSA) is 43.4 Å². The highest BCUT2D eigenvalue weighted by molar-refractivity contribution is 7.88. The Morgan fingerprint density at radius 3 is 1.53 bits per heavy atom. The molecular weight excluding hydrogens is 429 g/mol. The van der Waals surface area contributed by atoms with Crippen LogP contribution in [0.15, 0.2) is 60.7 Å². The maximum absolute atomic E-state index is 13.0. The van der Waals surface area contributed by atoms with Crippen molar-refractivity contribution >= 4 is 55.7 Å². The highest BCUT2D eigenvalue weighted by atomic mass is 32.2. The Kier molecular flexibility index (Phi) is 4.63. The molecule has 4 aromatic carbocycles. The maximum Gasteiger partial charge on any atom is 0.534 e. The molecule has 0 saturated heterocycles. The first kappa shape index (κ1) is 20.7. The van der Waals surface area contributed by atoms with Crippen molar-refractivity contribution in [3.8, 4) is 5.75 Å². The molecule has 0 saturated carbocycles. The molecule has 0 amide bonds. The van der Waals surface area contributed by atoms with Crippen molar-refractivity contribution in [2.24, 2.45) is 0 Å². The second-order valence-corrected chi connectivity index (χ2v) is 14.8. The lowest BCUT2D eigenvalue weighted by atomic mass is 9.94. The van der Waals surface area contributed by atoms with Gasteiger partial charge >= 0.3 is 15.6 Å². The average molecular weight is 449 g/mol. The zero-order valence-electron chi connectivity index (χ0n) is 16.5. The zero-order valence-corrected chi connectivity index (χ0v) is 18.4. The van der Waals surface area contributed by atoms with Crippen molar-refractivity contribution < 1.29 is 25.8 Å². The highest BCUT2D eigenvalue weighted by Gasteiger charge is 2.49. The number of benzene rings is 4. The quantitative estimate of drug-likeness (QED) is 0.169. The van der Waals surface area contributed by atoms with Gasteiger partial charge in [0.25, 0.3) is 0 Å². The van der Waals surface area contributed by atoms with E-state index in [-0.39, 0.29) is 5.75 Å². The van der Waals surface area contributed by atoms with Crippen LogP contribution in [0.3, 0.4) is 0 Å². The van der Waals surface area contributed by atoms with Crippen LogP contribution in [0.4, 0.5) is 13.2 Å². The van der Waals surface area contributed by atoms with Crippen molar-refractivity contribution in [1.82, 2.24) is 0 Å². The fourth-order valence-corrected chi connectivity index (χ4v) is 5.73. The maximum atomic E-state index is 13.0. The van der Waals surface area contributed by atoms with Gasteiger partial charge in [-0.05, 0) is 43.6 Å². The molecule has 0 radical (unpaired) electrons. The van der Waals surface area contributed by atoms with Gasteiger partial charge < -0.3 is 4.18 Å². The van der Waals surface area contributed by atoms with E-state index in [2.05, 4.69) is 4.18 Å². The Morgan fingerprint density at radius 1 is 0.733 bits per heavy atom. The summed E-state index contributed by atoms with van der Waals surface area (Å²) in [6, 6.07) is 18.6. The van der Waals surface area contributed by atoms with E-state index in [0.717, 1.165) is 26.9 Å². The van der Waals surface area contributed by atoms with Crippen molar-refractivity contribution in [3.05, 3.63) is 60.7 Å². The summed E-state index contributed by atoms with van der Waals surface area (Å²) in [7, 11) is -8.04. The van der Waals surface area contributed by atoms with Gasteiger partial charge in [-0.2, -0.15) is 21.6 Å². The van der Waals surface area contributed by atoms with E-state index < -0.39 is 23.7 Å². The van der Waals surface area contributed by atoms with Crippen LogP contribution in [0, 0.1) is 0 Å². The number of halogens is 3. The molecule has 0 bridgehead atoms. The molecule has 156 valence electrons. The van der Waals surface area contributed by atoms with Crippen LogP contribution >= 0.6 is 0 Å². The third kappa shape index (κ3) is 3.33. The number of rotatable bonds is 3. The van der Waals surface area contributed by atoms with Gasteiger partial charge in [0.15, 0.2) is 0 Å². The van der Waals surface area contributed by atoms with Crippen molar-refractivity contribution in [2.45, 2.75) is 25.1 Å². The largest absolute Gasteiger partial charge is 0.534 e. The Bertz CT molecular complexity index is 1400. The molecule has 0 aromatic heterocycles. The second-order valence-electron chi connectivity index (χ2n) is 8.22. The SMILES string of the molecule is C[Si](C)(C)c1cc2c3ccccc3c3ccccc3c2cc1OS(=O)(=O)C(F)(F)F. The van der Waals surface area contributed by atoms with E-state index >= 15 is 0 Å². The summed E-state index contributed by atoms with van der Waals surface area (Å²) in [4.78, 5) is 0. The van der Waals surface area contributed by atoms with E-state index in [9.17, 15) is 21.6 Å². The molecule has 4 aromatic rings. The molecule has 0 aliphatic heterocycles. The number of alkyl halides is 3. The van der Waals surface area contributed by atoms with Crippen LogP contribution in [0.2, 0.25) is 19.6 Å². The van der Waals surface area contributed by atoms with E-state index in [4.69, 9.17) is 0 Å². The zero-order chi connectivity index (χ0) is 21.9. The smallest absolute Gasteiger partial charge is 0.376 e. The molecule has 30 heavy (non-hydrogen) atoms. The van der Waals surface area contributed by atoms with Gasteiger partial charge in [-0.1, -0.05) is 74.2 Å². The molecule has 3 nitrogen and oxygen atoms in total. The van der Waals surface area contributed by atoms with Gasteiger partial charge in [0, 0.05) is 0 Å². The Labute approximate surface area is 173 Å². The Balaban J connectivity index is 2.16. The summed E-state index contributed by atoms with van der Waals surface area (Å²) < 4.78 is 67.3. The van der Waals surface area contributed by atoms with E-state index in [1.54, 1.807) is 6.07 Å². The van der Waals surface area contributed by atoms with Crippen LogP contribution in [0.5, 0.6) is 5.75 Å². The van der Waals surface area contributed by atoms with Crippen LogP contribution in [0.1, 0.15) is 0 Å². The predicted molar refractivity (Wildman–Crippen MR) is 118 cm³/mol. The lowest BCUT2D eigenvalue weighted by Gasteiger charge is -2.23. The first-order valence-corrected chi connectivity index (χ1v) is 14.2. The minimum absolute atomic E-state index is 0.251. The number of hydrogen-bond donors (Lipinski definition) is 0. The van der Waals surface area contributed by atoms with Crippen LogP contribution < -0.4 is 9.37 Å². The normalized spacial score (nSPS) is 13.3. The minimum Gasteiger partial charge on any atom is -0.376 e. The summed E-state index contributed by atoms with van der Waals surface area (Å²) in [5.74, 6) is -0.251. The lowest BCUT2D eigenvalue weighted by Crippen LogP contribution is -2.40. The molecule has 0 spiro atoms. The molecule has 0 N–H and O–H groups in total. The molecule has 0 aliphatic rings. The van der Waals surface area contributed by atoms with E-state index in [1.165, 1.54) is 6.07 Å². The third-order valence-corrected chi connectivity index (χ3v) is 8.11. The minimum atomic E-state index is -5.78. The summed E-state index contributed by atoms with van der Waals surface area (Å²) in [6.07, 6.45) is 0. The molecule has 0 fully saturated rings. The molecule has 0 atom stereocenters. The molecule has 0 heterocycles. The van der Waals surface area contributed by atoms with Crippen molar-refractivity contribution in [3.63, 3.8) is 0 Å². The van der Waals surface area contributed by atoms with Gasteiger partial charge in [0.05, 0.1) is 8.07 Å². The second kappa shape index (κ2) is 6.71. The molecule has 8 heteroatoms. The summed E-state index contributed by atoms with van der Waals surface area (Å²) in [6.45, 7) is 5.80. The summed E-state index contributed by atoms with van der Waals surface area (Å²) >= 11 is 0. The van der Waals surface area contributed by atoms with Crippen molar-refractivity contribution in [1.29, 1.82) is 0 Å². The Hall–Kier alpha value is -2.58. The van der Waals surface area contributed by atoms with Gasteiger partial charge in [-0.25, -0.2) is 0 Å². The molecule has 4 rings (SSSR count). The van der Waals surface area contributed by atoms with Crippen molar-refractivity contribution in [2.75, 3.05) is 0 Å². The fourth-order valence-electron chi connectivity index (χ4n) is 3.75. The van der Waals surface area contributed by atoms with Gasteiger partial charge in [-0.15, -0.1) is 0 Å². The van der Waals surface area contributed by atoms with Gasteiger partial charge in [0.2, 0.25) is 0 Å². The standard InChI is InChI=1S/C22H19F3O3SSi/c1-30(2,3)21-13-19-17-11-7-5-9-15(17)14-8-4-6-10-16(14)18(19)12-20(21)28-29(26,27)22(23,24)25/h4-13H,1-3H3. The first-order chi connectivity index (χ1) is 13.9. The summed E-state index contributed by atoms with van der Waals surface area (Å²) in [5, 5.41) is 5.77. The fraction of sp³-hybridized carbons (Fsp3) is 0.182. The third-order valence-electron chi connectivity index (χ3n) is 5.14. The van der Waals surface area contributed by atoms with Gasteiger partial charge in [-0.3, -0.25) is 0 Å². The number of fused-ring (bicyclic) bond motifs is 6. The highest BCUT2D eigenvalue weighted by Crippen LogP contribution is 2.37.